The van der Waals surface area contributed by atoms with Gasteiger partial charge in [0.25, 0.3) is 0 Å². The maximum atomic E-state index is 13.7. The lowest BCUT2D eigenvalue weighted by Gasteiger charge is -2.10. The van der Waals surface area contributed by atoms with Crippen LogP contribution >= 0.6 is 23.2 Å². The minimum Gasteiger partial charge on any atom is -0.454 e. The fourth-order valence-electron chi connectivity index (χ4n) is 1.52. The van der Waals surface area contributed by atoms with E-state index in [2.05, 4.69) is 0 Å². The van der Waals surface area contributed by atoms with Gasteiger partial charge in [-0.1, -0.05) is 11.6 Å². The molecule has 0 aliphatic carbocycles. The molecule has 0 unspecified atom stereocenters. The van der Waals surface area contributed by atoms with Gasteiger partial charge in [-0.3, -0.25) is 0 Å². The summed E-state index contributed by atoms with van der Waals surface area (Å²) >= 11 is 11.6. The molecule has 0 bridgehead atoms. The molecule has 2 aromatic rings. The second kappa shape index (κ2) is 5.92. The molecular formula is C14H8Cl2FNO. The predicted octanol–water partition coefficient (Wildman–Crippen LogP) is 4.88. The Balaban J connectivity index is 2.34. The Morgan fingerprint density at radius 3 is 2.53 bits per heavy atom. The summed E-state index contributed by atoms with van der Waals surface area (Å²) in [5, 5.41) is 9.20. The first kappa shape index (κ1) is 13.7. The number of ether oxygens (including phenoxy) is 1. The van der Waals surface area contributed by atoms with Crippen LogP contribution in [-0.4, -0.2) is 0 Å². The van der Waals surface area contributed by atoms with Gasteiger partial charge in [0.1, 0.15) is 5.75 Å². The molecule has 19 heavy (non-hydrogen) atoms. The predicted molar refractivity (Wildman–Crippen MR) is 72.2 cm³/mol. The monoisotopic (exact) mass is 295 g/mol. The zero-order valence-electron chi connectivity index (χ0n) is 9.66. The van der Waals surface area contributed by atoms with E-state index >= 15 is 0 Å². The van der Waals surface area contributed by atoms with E-state index in [1.165, 1.54) is 12.1 Å². The topological polar surface area (TPSA) is 33.0 Å². The summed E-state index contributed by atoms with van der Waals surface area (Å²) in [4.78, 5) is 0. The van der Waals surface area contributed by atoms with Crippen LogP contribution in [0.1, 0.15) is 11.1 Å². The Kier molecular flexibility index (Phi) is 4.26. The van der Waals surface area contributed by atoms with Crippen molar-refractivity contribution in [2.75, 3.05) is 0 Å². The van der Waals surface area contributed by atoms with E-state index in [4.69, 9.17) is 33.2 Å². The zero-order valence-corrected chi connectivity index (χ0v) is 11.2. The third-order valence-electron chi connectivity index (χ3n) is 2.45. The Labute approximate surface area is 119 Å². The van der Waals surface area contributed by atoms with Gasteiger partial charge in [-0.15, -0.1) is 11.6 Å². The molecule has 2 aromatic carbocycles. The summed E-state index contributed by atoms with van der Waals surface area (Å²) in [6.45, 7) is 0. The van der Waals surface area contributed by atoms with Gasteiger partial charge in [0.05, 0.1) is 17.5 Å². The van der Waals surface area contributed by atoms with Crippen LogP contribution in [-0.2, 0) is 5.88 Å². The van der Waals surface area contributed by atoms with Crippen LogP contribution in [0.3, 0.4) is 0 Å². The van der Waals surface area contributed by atoms with E-state index in [0.29, 0.717) is 16.3 Å². The van der Waals surface area contributed by atoms with Crippen molar-refractivity contribution in [2.24, 2.45) is 0 Å². The van der Waals surface area contributed by atoms with Crippen LogP contribution in [0.4, 0.5) is 4.39 Å². The molecule has 0 atom stereocenters. The molecule has 96 valence electrons. The smallest absolute Gasteiger partial charge is 0.167 e. The van der Waals surface area contributed by atoms with Crippen LogP contribution in [0.5, 0.6) is 11.5 Å². The van der Waals surface area contributed by atoms with Crippen LogP contribution in [0.15, 0.2) is 36.4 Å². The first-order valence-corrected chi connectivity index (χ1v) is 6.27. The van der Waals surface area contributed by atoms with Gasteiger partial charge in [0, 0.05) is 10.6 Å². The number of nitriles is 1. The first-order valence-electron chi connectivity index (χ1n) is 5.36. The van der Waals surface area contributed by atoms with Crippen LogP contribution in [0.2, 0.25) is 5.02 Å². The molecule has 0 radical (unpaired) electrons. The highest BCUT2D eigenvalue weighted by molar-refractivity contribution is 6.30. The SMILES string of the molecule is N#Cc1ccc(Oc2ccc(Cl)cc2CCl)c(F)c1. The van der Waals surface area contributed by atoms with Crippen molar-refractivity contribution in [2.45, 2.75) is 5.88 Å². The minimum atomic E-state index is -0.602. The standard InChI is InChI=1S/C14H8Cl2FNO/c15-7-10-6-11(16)2-4-13(10)19-14-3-1-9(8-18)5-12(14)17/h1-6H,7H2. The summed E-state index contributed by atoms with van der Waals surface area (Å²) < 4.78 is 19.2. The summed E-state index contributed by atoms with van der Waals surface area (Å²) in [6, 6.07) is 10.8. The third-order valence-corrected chi connectivity index (χ3v) is 2.97. The van der Waals surface area contributed by atoms with Gasteiger partial charge < -0.3 is 4.74 Å². The fourth-order valence-corrected chi connectivity index (χ4v) is 1.93. The largest absolute Gasteiger partial charge is 0.454 e. The van der Waals surface area contributed by atoms with E-state index < -0.39 is 5.82 Å². The third kappa shape index (κ3) is 3.17. The molecule has 0 amide bonds. The molecule has 5 heteroatoms. The maximum Gasteiger partial charge on any atom is 0.167 e. The Hall–Kier alpha value is -1.76. The van der Waals surface area contributed by atoms with E-state index in [-0.39, 0.29) is 17.2 Å². The molecule has 0 aliphatic rings. The number of halogens is 3. The molecule has 0 aromatic heterocycles. The van der Waals surface area contributed by atoms with Crippen LogP contribution in [0.25, 0.3) is 0 Å². The molecule has 0 aliphatic heterocycles. The highest BCUT2D eigenvalue weighted by Crippen LogP contribution is 2.30. The number of benzene rings is 2. The van der Waals surface area contributed by atoms with Crippen molar-refractivity contribution in [3.63, 3.8) is 0 Å². The fraction of sp³-hybridized carbons (Fsp3) is 0.0714. The summed E-state index contributed by atoms with van der Waals surface area (Å²) in [7, 11) is 0. The second-order valence-electron chi connectivity index (χ2n) is 3.74. The molecule has 0 saturated heterocycles. The van der Waals surface area contributed by atoms with Crippen molar-refractivity contribution in [1.29, 1.82) is 5.26 Å². The average Bonchev–Trinajstić information content (AvgIpc) is 2.42. The van der Waals surface area contributed by atoms with Crippen molar-refractivity contribution < 1.29 is 9.13 Å². The normalized spacial score (nSPS) is 10.0. The van der Waals surface area contributed by atoms with Crippen LogP contribution in [0, 0.1) is 17.1 Å². The molecule has 2 rings (SSSR count). The second-order valence-corrected chi connectivity index (χ2v) is 4.45. The lowest BCUT2D eigenvalue weighted by Crippen LogP contribution is -1.93. The van der Waals surface area contributed by atoms with Crippen molar-refractivity contribution in [3.05, 3.63) is 58.4 Å². The van der Waals surface area contributed by atoms with E-state index in [0.717, 1.165) is 6.07 Å². The number of rotatable bonds is 3. The summed E-state index contributed by atoms with van der Waals surface area (Å²) in [6.07, 6.45) is 0. The Bertz CT molecular complexity index is 652. The van der Waals surface area contributed by atoms with Gasteiger partial charge in [0.15, 0.2) is 11.6 Å². The number of hydrogen-bond donors (Lipinski definition) is 0. The van der Waals surface area contributed by atoms with Crippen molar-refractivity contribution in [1.82, 2.24) is 0 Å². The number of alkyl halides is 1. The quantitative estimate of drug-likeness (QED) is 0.756. The van der Waals surface area contributed by atoms with Gasteiger partial charge in [-0.25, -0.2) is 4.39 Å². The summed E-state index contributed by atoms with van der Waals surface area (Å²) in [5.74, 6) is 0.0681. The highest BCUT2D eigenvalue weighted by atomic mass is 35.5. The van der Waals surface area contributed by atoms with Crippen molar-refractivity contribution >= 4 is 23.2 Å². The van der Waals surface area contributed by atoms with Gasteiger partial charge in [-0.05, 0) is 36.4 Å². The number of nitrogens with zero attached hydrogens (tertiary/aromatic N) is 1. The van der Waals surface area contributed by atoms with Crippen molar-refractivity contribution in [3.8, 4) is 17.6 Å². The first-order chi connectivity index (χ1) is 9.13. The van der Waals surface area contributed by atoms with E-state index in [1.54, 1.807) is 18.2 Å². The molecule has 2 nitrogen and oxygen atoms in total. The van der Waals surface area contributed by atoms with Gasteiger partial charge in [-0.2, -0.15) is 5.26 Å². The maximum absolute atomic E-state index is 13.7. The van der Waals surface area contributed by atoms with Crippen LogP contribution < -0.4 is 4.74 Å². The lowest BCUT2D eigenvalue weighted by molar-refractivity contribution is 0.439. The average molecular weight is 296 g/mol. The molecule has 0 N–H and O–H groups in total. The molecule has 0 fully saturated rings. The Morgan fingerprint density at radius 2 is 1.89 bits per heavy atom. The summed E-state index contributed by atoms with van der Waals surface area (Å²) in [5.41, 5.74) is 0.899. The lowest BCUT2D eigenvalue weighted by atomic mass is 10.2. The molecule has 0 saturated carbocycles. The Morgan fingerprint density at radius 1 is 1.16 bits per heavy atom. The van der Waals surface area contributed by atoms with E-state index in [9.17, 15) is 4.39 Å². The van der Waals surface area contributed by atoms with Gasteiger partial charge >= 0.3 is 0 Å². The van der Waals surface area contributed by atoms with E-state index in [1.807, 2.05) is 6.07 Å². The molecular weight excluding hydrogens is 288 g/mol. The van der Waals surface area contributed by atoms with Gasteiger partial charge in [0.2, 0.25) is 0 Å². The zero-order chi connectivity index (χ0) is 13.8. The molecule has 0 spiro atoms. The minimum absolute atomic E-state index is 0.0349. The highest BCUT2D eigenvalue weighted by Gasteiger charge is 2.09. The molecule has 0 heterocycles. The number of hydrogen-bond acceptors (Lipinski definition) is 2.